The number of hydrogen-bond acceptors (Lipinski definition) is 4. The fourth-order valence-electron chi connectivity index (χ4n) is 3.58. The second-order valence-electron chi connectivity index (χ2n) is 7.82. The van der Waals surface area contributed by atoms with E-state index in [1.807, 2.05) is 42.5 Å². The van der Waals surface area contributed by atoms with Crippen LogP contribution in [-0.2, 0) is 4.79 Å². The molecule has 0 saturated carbocycles. The normalized spacial score (nSPS) is 11.6. The Hall–Kier alpha value is -2.79. The van der Waals surface area contributed by atoms with Gasteiger partial charge in [-0.2, -0.15) is 0 Å². The number of aromatic amines is 1. The molecule has 3 aromatic rings. The molecule has 3 rings (SSSR count). The highest BCUT2D eigenvalue weighted by molar-refractivity contribution is 7.99. The van der Waals surface area contributed by atoms with Crippen molar-refractivity contribution in [2.45, 2.75) is 57.0 Å². The number of unbranched alkanes of at least 4 members (excludes halogenated alkanes) is 4. The number of hydrogen-bond donors (Lipinski definition) is 1. The maximum atomic E-state index is 11.3. The molecule has 4 nitrogen and oxygen atoms in total. The highest BCUT2D eigenvalue weighted by atomic mass is 32.2. The van der Waals surface area contributed by atoms with E-state index in [4.69, 9.17) is 4.98 Å². The van der Waals surface area contributed by atoms with Crippen LogP contribution < -0.4 is 5.11 Å². The van der Waals surface area contributed by atoms with E-state index in [0.717, 1.165) is 71.9 Å². The van der Waals surface area contributed by atoms with Gasteiger partial charge < -0.3 is 14.9 Å². The van der Waals surface area contributed by atoms with Crippen LogP contribution in [-0.4, -0.2) is 21.7 Å². The number of nitrogens with one attached hydrogen (secondary N) is 1. The molecule has 1 aromatic heterocycles. The predicted octanol–water partition coefficient (Wildman–Crippen LogP) is 6.26. The highest BCUT2D eigenvalue weighted by Gasteiger charge is 2.14. The van der Waals surface area contributed by atoms with E-state index in [9.17, 15) is 9.90 Å². The lowest BCUT2D eigenvalue weighted by Crippen LogP contribution is -2.24. The van der Waals surface area contributed by atoms with Gasteiger partial charge in [-0.05, 0) is 37.7 Å². The van der Waals surface area contributed by atoms with Gasteiger partial charge in [0.2, 0.25) is 0 Å². The van der Waals surface area contributed by atoms with Crippen LogP contribution in [0.4, 0.5) is 0 Å². The number of aromatic nitrogens is 2. The zero-order valence-electron chi connectivity index (χ0n) is 18.7. The molecule has 0 radical (unpaired) electrons. The summed E-state index contributed by atoms with van der Waals surface area (Å²) in [7, 11) is 0. The molecular formula is C27H31N2O2S-. The monoisotopic (exact) mass is 447 g/mol. The molecule has 0 bridgehead atoms. The van der Waals surface area contributed by atoms with Gasteiger partial charge >= 0.3 is 0 Å². The molecule has 32 heavy (non-hydrogen) atoms. The van der Waals surface area contributed by atoms with Crippen molar-refractivity contribution in [3.8, 4) is 22.5 Å². The fourth-order valence-corrected chi connectivity index (χ4v) is 4.45. The molecule has 2 aromatic carbocycles. The summed E-state index contributed by atoms with van der Waals surface area (Å²) in [5, 5.41) is 12.2. The number of imidazole rings is 1. The summed E-state index contributed by atoms with van der Waals surface area (Å²) in [4.78, 5) is 19.7. The average molecular weight is 448 g/mol. The van der Waals surface area contributed by atoms with Gasteiger partial charge in [0.15, 0.2) is 5.16 Å². The van der Waals surface area contributed by atoms with Crippen LogP contribution in [0.15, 0.2) is 77.5 Å². The summed E-state index contributed by atoms with van der Waals surface area (Å²) >= 11 is 1.71. The Balaban J connectivity index is 1.57. The Morgan fingerprint density at radius 2 is 1.66 bits per heavy atom. The summed E-state index contributed by atoms with van der Waals surface area (Å²) in [6.07, 6.45) is 8.25. The molecule has 0 atom stereocenters. The number of carbonyl (C=O) groups excluding carboxylic acids is 1. The smallest absolute Gasteiger partial charge is 0.166 e. The molecule has 0 unspecified atom stereocenters. The SMILES string of the molecule is CCCCCC(=CCCCCSc1nc(-c2ccccc2)c(-c2ccccc2)[nH]1)C(=O)[O-]. The van der Waals surface area contributed by atoms with Gasteiger partial charge in [0, 0.05) is 16.9 Å². The van der Waals surface area contributed by atoms with Crippen LogP contribution in [0.3, 0.4) is 0 Å². The Bertz CT molecular complexity index is 940. The van der Waals surface area contributed by atoms with Crippen molar-refractivity contribution in [2.75, 3.05) is 5.75 Å². The van der Waals surface area contributed by atoms with E-state index in [-0.39, 0.29) is 0 Å². The van der Waals surface area contributed by atoms with E-state index in [1.54, 1.807) is 11.8 Å². The van der Waals surface area contributed by atoms with Crippen molar-refractivity contribution in [3.05, 3.63) is 72.3 Å². The first-order valence-electron chi connectivity index (χ1n) is 11.4. The van der Waals surface area contributed by atoms with Crippen molar-refractivity contribution in [2.24, 2.45) is 0 Å². The summed E-state index contributed by atoms with van der Waals surface area (Å²) in [5.74, 6) is -0.0896. The van der Waals surface area contributed by atoms with Crippen molar-refractivity contribution >= 4 is 17.7 Å². The number of benzene rings is 2. The molecular weight excluding hydrogens is 416 g/mol. The van der Waals surface area contributed by atoms with Crippen molar-refractivity contribution in [1.82, 2.24) is 9.97 Å². The number of carboxylic acids is 1. The number of rotatable bonds is 13. The second kappa shape index (κ2) is 12.9. The summed E-state index contributed by atoms with van der Waals surface area (Å²) < 4.78 is 0. The van der Waals surface area contributed by atoms with E-state index >= 15 is 0 Å². The molecule has 0 aliphatic heterocycles. The highest BCUT2D eigenvalue weighted by Crippen LogP contribution is 2.32. The number of carboxylic acid groups (broad SMARTS) is 1. The largest absolute Gasteiger partial charge is 0.545 e. The molecule has 0 spiro atoms. The maximum Gasteiger partial charge on any atom is 0.166 e. The molecule has 5 heteroatoms. The number of thioether (sulfide) groups is 1. The van der Waals surface area contributed by atoms with Gasteiger partial charge in [0.05, 0.1) is 17.4 Å². The standard InChI is InChI=1S/C27H32N2O2S/c1-2-3-7-18-23(26(30)31)19-12-6-13-20-32-27-28-24(21-14-8-4-9-15-21)25(29-27)22-16-10-5-11-17-22/h4-5,8-11,14-17,19H,2-3,6-7,12-13,18,20H2,1H3,(H,28,29)(H,30,31)/p-1. The number of carbonyl (C=O) groups is 1. The summed E-state index contributed by atoms with van der Waals surface area (Å²) in [5.41, 5.74) is 4.67. The lowest BCUT2D eigenvalue weighted by molar-refractivity contribution is -0.299. The summed E-state index contributed by atoms with van der Waals surface area (Å²) in [6.45, 7) is 2.12. The van der Waals surface area contributed by atoms with Gasteiger partial charge in [-0.15, -0.1) is 0 Å². The first-order chi connectivity index (χ1) is 15.7. The third-order valence-electron chi connectivity index (χ3n) is 5.33. The van der Waals surface area contributed by atoms with Crippen molar-refractivity contribution in [1.29, 1.82) is 0 Å². The Kier molecular flexibility index (Phi) is 9.63. The molecule has 0 aliphatic carbocycles. The minimum atomic E-state index is -1.02. The van der Waals surface area contributed by atoms with Crippen LogP contribution in [0.1, 0.15) is 51.9 Å². The van der Waals surface area contributed by atoms with Crippen LogP contribution in [0.25, 0.3) is 22.5 Å². The van der Waals surface area contributed by atoms with Crippen LogP contribution >= 0.6 is 11.8 Å². The number of aliphatic carboxylic acids is 1. The molecule has 0 aliphatic rings. The van der Waals surface area contributed by atoms with E-state index < -0.39 is 5.97 Å². The minimum Gasteiger partial charge on any atom is -0.545 e. The van der Waals surface area contributed by atoms with E-state index in [2.05, 4.69) is 36.2 Å². The topological polar surface area (TPSA) is 68.8 Å². The first-order valence-corrected chi connectivity index (χ1v) is 12.4. The number of H-pyrrole nitrogens is 1. The van der Waals surface area contributed by atoms with E-state index in [0.29, 0.717) is 12.0 Å². The van der Waals surface area contributed by atoms with Crippen molar-refractivity contribution in [3.63, 3.8) is 0 Å². The Morgan fingerprint density at radius 1 is 0.969 bits per heavy atom. The van der Waals surface area contributed by atoms with Crippen LogP contribution in [0, 0.1) is 0 Å². The minimum absolute atomic E-state index is 0.456. The quantitative estimate of drug-likeness (QED) is 0.191. The Labute approximate surface area is 195 Å². The number of nitrogens with zero attached hydrogens (tertiary/aromatic N) is 1. The molecule has 0 amide bonds. The lowest BCUT2D eigenvalue weighted by Gasteiger charge is -2.08. The zero-order chi connectivity index (χ0) is 22.6. The number of allylic oxidation sites excluding steroid dienone is 1. The molecule has 0 fully saturated rings. The zero-order valence-corrected chi connectivity index (χ0v) is 19.5. The second-order valence-corrected chi connectivity index (χ2v) is 8.90. The maximum absolute atomic E-state index is 11.3. The average Bonchev–Trinajstić information content (AvgIpc) is 3.25. The van der Waals surface area contributed by atoms with Gasteiger partial charge in [-0.1, -0.05) is 98.3 Å². The van der Waals surface area contributed by atoms with Gasteiger partial charge in [-0.25, -0.2) is 4.98 Å². The van der Waals surface area contributed by atoms with Gasteiger partial charge in [-0.3, -0.25) is 0 Å². The lowest BCUT2D eigenvalue weighted by atomic mass is 10.1. The molecule has 1 N–H and O–H groups in total. The summed E-state index contributed by atoms with van der Waals surface area (Å²) in [6, 6.07) is 20.5. The first kappa shape index (κ1) is 23.9. The third kappa shape index (κ3) is 7.13. The van der Waals surface area contributed by atoms with Crippen LogP contribution in [0.5, 0.6) is 0 Å². The fraction of sp³-hybridized carbons (Fsp3) is 0.333. The van der Waals surface area contributed by atoms with Crippen LogP contribution in [0.2, 0.25) is 0 Å². The molecule has 1 heterocycles. The van der Waals surface area contributed by atoms with Gasteiger partial charge in [0.1, 0.15) is 0 Å². The molecule has 168 valence electrons. The third-order valence-corrected chi connectivity index (χ3v) is 6.29. The van der Waals surface area contributed by atoms with Crippen molar-refractivity contribution < 1.29 is 9.90 Å². The van der Waals surface area contributed by atoms with E-state index in [1.165, 1.54) is 0 Å². The predicted molar refractivity (Wildman–Crippen MR) is 131 cm³/mol. The van der Waals surface area contributed by atoms with Gasteiger partial charge in [0.25, 0.3) is 0 Å². The Morgan fingerprint density at radius 3 is 2.31 bits per heavy atom. The molecule has 0 saturated heterocycles.